The van der Waals surface area contributed by atoms with Crippen molar-refractivity contribution in [3.8, 4) is 0 Å². The van der Waals surface area contributed by atoms with Gasteiger partial charge in [0, 0.05) is 16.6 Å². The maximum atomic E-state index is 12.9. The molecule has 0 radical (unpaired) electrons. The Labute approximate surface area is 174 Å². The van der Waals surface area contributed by atoms with E-state index in [0.29, 0.717) is 16.4 Å². The smallest absolute Gasteiger partial charge is 0.263 e. The summed E-state index contributed by atoms with van der Waals surface area (Å²) < 4.78 is 6.73. The minimum absolute atomic E-state index is 0.0434. The van der Waals surface area contributed by atoms with E-state index in [1.54, 1.807) is 6.26 Å². The molecule has 0 saturated carbocycles. The van der Waals surface area contributed by atoms with Crippen LogP contribution in [-0.4, -0.2) is 30.4 Å². The van der Waals surface area contributed by atoms with Gasteiger partial charge in [-0.2, -0.15) is 0 Å². The second-order valence-electron chi connectivity index (χ2n) is 7.70. The lowest BCUT2D eigenvalue weighted by Crippen LogP contribution is -2.41. The summed E-state index contributed by atoms with van der Waals surface area (Å²) in [5, 5.41) is 4.58. The Morgan fingerprint density at radius 3 is 2.86 bits per heavy atom. The lowest BCUT2D eigenvalue weighted by molar-refractivity contribution is 0.0899. The van der Waals surface area contributed by atoms with Crippen LogP contribution in [0.5, 0.6) is 0 Å². The molecule has 148 valence electrons. The topological polar surface area (TPSA) is 45.5 Å². The van der Waals surface area contributed by atoms with E-state index in [-0.39, 0.29) is 11.9 Å². The molecule has 1 fully saturated rings. The number of carbonyl (C=O) groups excluding carboxylic acids is 1. The molecule has 3 aromatic rings. The van der Waals surface area contributed by atoms with Crippen LogP contribution in [0.25, 0.3) is 10.1 Å². The van der Waals surface area contributed by atoms with E-state index in [9.17, 15) is 4.79 Å². The zero-order chi connectivity index (χ0) is 19.7. The number of amides is 1. The summed E-state index contributed by atoms with van der Waals surface area (Å²) in [5.74, 6) is 1.53. The number of carbonyl (C=O) groups is 1. The quantitative estimate of drug-likeness (QED) is 0.583. The number of nitrogens with zero attached hydrogens (tertiary/aromatic N) is 1. The molecule has 1 atom stereocenters. The van der Waals surface area contributed by atoms with Gasteiger partial charge in [-0.15, -0.1) is 11.3 Å². The number of piperidine rings is 1. The molecule has 0 aliphatic carbocycles. The molecular weight excluding hydrogens is 392 g/mol. The maximum absolute atomic E-state index is 12.9. The van der Waals surface area contributed by atoms with Gasteiger partial charge in [-0.25, -0.2) is 0 Å². The van der Waals surface area contributed by atoms with Gasteiger partial charge in [-0.3, -0.25) is 9.69 Å². The lowest BCUT2D eigenvalue weighted by atomic mass is 9.97. The fraction of sp³-hybridized carbons (Fsp3) is 0.409. The third-order valence-electron chi connectivity index (χ3n) is 5.58. The second kappa shape index (κ2) is 8.27. The van der Waals surface area contributed by atoms with Crippen LogP contribution in [0.1, 0.15) is 46.8 Å². The number of likely N-dealkylation sites (tertiary alicyclic amines) is 1. The van der Waals surface area contributed by atoms with E-state index < -0.39 is 0 Å². The van der Waals surface area contributed by atoms with Crippen molar-refractivity contribution in [3.63, 3.8) is 0 Å². The first-order chi connectivity index (χ1) is 13.5. The van der Waals surface area contributed by atoms with Crippen molar-refractivity contribution in [2.45, 2.75) is 32.7 Å². The molecule has 1 aliphatic heterocycles. The molecule has 0 unspecified atom stereocenters. The summed E-state index contributed by atoms with van der Waals surface area (Å²) in [4.78, 5) is 15.9. The number of thiophene rings is 1. The van der Waals surface area contributed by atoms with Crippen molar-refractivity contribution in [1.29, 1.82) is 0 Å². The van der Waals surface area contributed by atoms with Crippen LogP contribution >= 0.6 is 22.9 Å². The Morgan fingerprint density at radius 2 is 2.14 bits per heavy atom. The first kappa shape index (κ1) is 19.5. The van der Waals surface area contributed by atoms with Gasteiger partial charge in [0.25, 0.3) is 5.91 Å². The van der Waals surface area contributed by atoms with Gasteiger partial charge in [-0.05, 0) is 62.5 Å². The molecule has 1 aromatic carbocycles. The average molecular weight is 417 g/mol. The Balaban J connectivity index is 1.51. The molecule has 4 nitrogen and oxygen atoms in total. The van der Waals surface area contributed by atoms with Crippen LogP contribution in [-0.2, 0) is 0 Å². The summed E-state index contributed by atoms with van der Waals surface area (Å²) in [6.07, 6.45) is 4.04. The molecular formula is C22H25ClN2O2S. The van der Waals surface area contributed by atoms with E-state index in [1.165, 1.54) is 24.2 Å². The molecule has 1 amide bonds. The van der Waals surface area contributed by atoms with Crippen LogP contribution < -0.4 is 5.32 Å². The van der Waals surface area contributed by atoms with E-state index in [4.69, 9.17) is 16.0 Å². The normalized spacial score (nSPS) is 17.1. The van der Waals surface area contributed by atoms with E-state index in [1.807, 2.05) is 31.2 Å². The Morgan fingerprint density at radius 1 is 1.36 bits per heavy atom. The summed E-state index contributed by atoms with van der Waals surface area (Å²) in [5.41, 5.74) is 1.16. The molecule has 4 rings (SSSR count). The highest BCUT2D eigenvalue weighted by Gasteiger charge is 2.27. The zero-order valence-corrected chi connectivity index (χ0v) is 17.8. The molecule has 1 saturated heterocycles. The van der Waals surface area contributed by atoms with Gasteiger partial charge in [0.15, 0.2) is 0 Å². The van der Waals surface area contributed by atoms with Gasteiger partial charge in [0.2, 0.25) is 0 Å². The highest BCUT2D eigenvalue weighted by Crippen LogP contribution is 2.36. The minimum atomic E-state index is -0.120. The number of aryl methyl sites for hydroxylation is 1. The van der Waals surface area contributed by atoms with Crippen LogP contribution in [0.4, 0.5) is 0 Å². The molecule has 0 bridgehead atoms. The van der Waals surface area contributed by atoms with Gasteiger partial charge in [0.05, 0.1) is 17.3 Å². The highest BCUT2D eigenvalue weighted by molar-refractivity contribution is 7.21. The first-order valence-electron chi connectivity index (χ1n) is 9.77. The number of benzene rings is 1. The fourth-order valence-electron chi connectivity index (χ4n) is 3.82. The first-order valence-corrected chi connectivity index (χ1v) is 11.0. The minimum Gasteiger partial charge on any atom is -0.468 e. The molecule has 28 heavy (non-hydrogen) atoms. The van der Waals surface area contributed by atoms with Crippen molar-refractivity contribution in [3.05, 3.63) is 57.8 Å². The molecule has 2 aromatic heterocycles. The SMILES string of the molecule is Cc1ccc2c(Cl)c(C(=O)NC[C@@H](c3ccco3)N3CCC(C)CC3)sc2c1. The van der Waals surface area contributed by atoms with E-state index in [0.717, 1.165) is 40.4 Å². The second-order valence-corrected chi connectivity index (χ2v) is 9.13. The number of furan rings is 1. The van der Waals surface area contributed by atoms with Crippen molar-refractivity contribution in [1.82, 2.24) is 10.2 Å². The molecule has 3 heterocycles. The third kappa shape index (κ3) is 3.97. The highest BCUT2D eigenvalue weighted by atomic mass is 35.5. The summed E-state index contributed by atoms with van der Waals surface area (Å²) in [7, 11) is 0. The summed E-state index contributed by atoms with van der Waals surface area (Å²) >= 11 is 7.95. The Bertz CT molecular complexity index is 958. The van der Waals surface area contributed by atoms with Gasteiger partial charge in [-0.1, -0.05) is 30.7 Å². The zero-order valence-electron chi connectivity index (χ0n) is 16.2. The molecule has 1 N–H and O–H groups in total. The summed E-state index contributed by atoms with van der Waals surface area (Å²) in [6, 6.07) is 10.0. The maximum Gasteiger partial charge on any atom is 0.263 e. The third-order valence-corrected chi connectivity index (χ3v) is 7.23. The summed E-state index contributed by atoms with van der Waals surface area (Å²) in [6.45, 7) is 6.88. The van der Waals surface area contributed by atoms with Gasteiger partial charge in [0.1, 0.15) is 10.6 Å². The Hall–Kier alpha value is -1.82. The number of nitrogens with one attached hydrogen (secondary N) is 1. The van der Waals surface area contributed by atoms with Crippen LogP contribution in [0, 0.1) is 12.8 Å². The van der Waals surface area contributed by atoms with Crippen molar-refractivity contribution >= 4 is 38.9 Å². The van der Waals surface area contributed by atoms with Gasteiger partial charge >= 0.3 is 0 Å². The van der Waals surface area contributed by atoms with Crippen molar-refractivity contribution in [2.75, 3.05) is 19.6 Å². The van der Waals surface area contributed by atoms with Crippen LogP contribution in [0.3, 0.4) is 0 Å². The Kier molecular flexibility index (Phi) is 5.76. The molecule has 0 spiro atoms. The van der Waals surface area contributed by atoms with E-state index in [2.05, 4.69) is 23.2 Å². The van der Waals surface area contributed by atoms with Crippen LogP contribution in [0.15, 0.2) is 41.0 Å². The molecule has 6 heteroatoms. The van der Waals surface area contributed by atoms with Crippen LogP contribution in [0.2, 0.25) is 5.02 Å². The largest absolute Gasteiger partial charge is 0.468 e. The monoisotopic (exact) mass is 416 g/mol. The number of fused-ring (bicyclic) bond motifs is 1. The van der Waals surface area contributed by atoms with Crippen molar-refractivity contribution < 1.29 is 9.21 Å². The lowest BCUT2D eigenvalue weighted by Gasteiger charge is -2.35. The number of hydrogen-bond acceptors (Lipinski definition) is 4. The number of rotatable bonds is 5. The number of halogens is 1. The fourth-order valence-corrected chi connectivity index (χ4v) is 5.35. The predicted octanol–water partition coefficient (Wildman–Crippen LogP) is 5.66. The standard InChI is InChI=1S/C22H25ClN2O2S/c1-14-7-9-25(10-8-14)17(18-4-3-11-27-18)13-24-22(26)21-20(23)16-6-5-15(2)12-19(16)28-21/h3-6,11-12,14,17H,7-10,13H2,1-2H3,(H,24,26)/t17-/m0/s1. The van der Waals surface area contributed by atoms with E-state index >= 15 is 0 Å². The predicted molar refractivity (Wildman–Crippen MR) is 115 cm³/mol. The van der Waals surface area contributed by atoms with Gasteiger partial charge < -0.3 is 9.73 Å². The van der Waals surface area contributed by atoms with Crippen molar-refractivity contribution in [2.24, 2.45) is 5.92 Å². The number of hydrogen-bond donors (Lipinski definition) is 1. The molecule has 1 aliphatic rings. The average Bonchev–Trinajstić information content (AvgIpc) is 3.31.